The minimum Gasteiger partial charge on any atom is -0.497 e. The van der Waals surface area contributed by atoms with E-state index in [1.807, 2.05) is 83.4 Å². The van der Waals surface area contributed by atoms with Crippen molar-refractivity contribution in [2.75, 3.05) is 54.0 Å². The number of methoxy groups -OCH3 is 4. The number of nitrogens with one attached hydrogen (secondary N) is 1. The van der Waals surface area contributed by atoms with Gasteiger partial charge in [-0.2, -0.15) is 15.2 Å². The van der Waals surface area contributed by atoms with Crippen molar-refractivity contribution in [3.05, 3.63) is 102 Å². The summed E-state index contributed by atoms with van der Waals surface area (Å²) in [6.45, 7) is 8.60. The van der Waals surface area contributed by atoms with E-state index >= 15 is 0 Å². The van der Waals surface area contributed by atoms with Crippen LogP contribution in [0.25, 0.3) is 11.2 Å². The molecule has 3 aromatic carbocycles. The molecule has 59 heavy (non-hydrogen) atoms. The fraction of sp³-hybridized carbons (Fsp3) is 0.442. The van der Waals surface area contributed by atoms with E-state index in [1.165, 1.54) is 7.11 Å². The van der Waals surface area contributed by atoms with E-state index in [0.29, 0.717) is 28.5 Å². The second-order valence-electron chi connectivity index (χ2n) is 14.3. The summed E-state index contributed by atoms with van der Waals surface area (Å²) in [6, 6.07) is 28.2. The third kappa shape index (κ3) is 9.15. The SMILES string of the molecule is CNc1nc(OC)nc2c1ncn2[C@@H]1O[C@H](COC(c2ccccc2)(c2ccc(OC)cc2)c2ccc(OC)cc2)[C@@H](OP(OCCC#N)N(C(C)C)C(C)C)[C@H]1OC. The number of nitrogens with zero attached hydrogens (tertiary/aromatic N) is 6. The number of fused-ring (bicyclic) bond motifs is 1. The smallest absolute Gasteiger partial charge is 0.320 e. The second kappa shape index (κ2) is 19.9. The Morgan fingerprint density at radius 3 is 1.98 bits per heavy atom. The van der Waals surface area contributed by atoms with Crippen LogP contribution in [0.4, 0.5) is 5.82 Å². The molecule has 0 bridgehead atoms. The standard InChI is InChI=1S/C43H54N7O8P/c1-28(2)50(29(3)4)59(56-25-13-24-44)58-37-35(57-41(38(37)53-8)49-27-46-36-39(45-5)47-42(54-9)48-40(36)49)26-55-43(30-14-11-10-12-15-30,31-16-20-33(51-6)21-17-31)32-18-22-34(52-7)23-19-32/h10-12,14-23,27-29,35,37-38,41H,13,25-26H2,1-9H3,(H,45,47,48)/t35-,37-,38-,41-,59?/m1/s1. The van der Waals surface area contributed by atoms with Gasteiger partial charge in [-0.15, -0.1) is 0 Å². The Morgan fingerprint density at radius 2 is 1.46 bits per heavy atom. The normalized spacial score (nSPS) is 18.7. The molecule has 16 heteroatoms. The third-order valence-electron chi connectivity index (χ3n) is 10.2. The molecule has 1 fully saturated rings. The molecule has 1 N–H and O–H groups in total. The molecule has 5 atom stereocenters. The van der Waals surface area contributed by atoms with Crippen LogP contribution in [0.2, 0.25) is 0 Å². The molecule has 0 radical (unpaired) electrons. The van der Waals surface area contributed by atoms with Gasteiger partial charge in [0.2, 0.25) is 0 Å². The van der Waals surface area contributed by atoms with E-state index in [1.54, 1.807) is 34.7 Å². The van der Waals surface area contributed by atoms with E-state index in [-0.39, 0.29) is 37.7 Å². The molecule has 314 valence electrons. The highest BCUT2D eigenvalue weighted by atomic mass is 31.2. The summed E-state index contributed by atoms with van der Waals surface area (Å²) in [4.78, 5) is 13.8. The number of hydrogen-bond donors (Lipinski definition) is 1. The van der Waals surface area contributed by atoms with Gasteiger partial charge in [-0.05, 0) is 68.7 Å². The van der Waals surface area contributed by atoms with Crippen LogP contribution in [0.3, 0.4) is 0 Å². The highest BCUT2D eigenvalue weighted by Crippen LogP contribution is 2.51. The largest absolute Gasteiger partial charge is 0.497 e. The molecule has 1 saturated heterocycles. The molecule has 0 spiro atoms. The molecule has 2 aromatic heterocycles. The molecule has 1 aliphatic heterocycles. The van der Waals surface area contributed by atoms with Gasteiger partial charge in [0.25, 0.3) is 8.53 Å². The number of aromatic nitrogens is 4. The van der Waals surface area contributed by atoms with Crippen molar-refractivity contribution >= 4 is 25.5 Å². The topological polar surface area (TPSA) is 157 Å². The average molecular weight is 828 g/mol. The molecule has 15 nitrogen and oxygen atoms in total. The van der Waals surface area contributed by atoms with Gasteiger partial charge in [-0.3, -0.25) is 4.57 Å². The molecule has 3 heterocycles. The summed E-state index contributed by atoms with van der Waals surface area (Å²) < 4.78 is 54.9. The average Bonchev–Trinajstić information content (AvgIpc) is 3.84. The van der Waals surface area contributed by atoms with Crippen LogP contribution in [0, 0.1) is 11.3 Å². The van der Waals surface area contributed by atoms with E-state index < -0.39 is 38.7 Å². The van der Waals surface area contributed by atoms with Gasteiger partial charge in [-0.1, -0.05) is 54.6 Å². The first-order chi connectivity index (χ1) is 28.6. The molecule has 6 rings (SSSR count). The lowest BCUT2D eigenvalue weighted by Gasteiger charge is -2.39. The summed E-state index contributed by atoms with van der Waals surface area (Å²) in [5.74, 6) is 1.92. The van der Waals surface area contributed by atoms with Crippen LogP contribution in [-0.4, -0.2) is 103 Å². The molecule has 1 aliphatic rings. The number of anilines is 1. The Labute approximate surface area is 347 Å². The number of nitriles is 1. The van der Waals surface area contributed by atoms with Crippen LogP contribution >= 0.6 is 8.53 Å². The van der Waals surface area contributed by atoms with Crippen molar-refractivity contribution in [1.29, 1.82) is 5.26 Å². The number of rotatable bonds is 20. The number of ether oxygens (including phenoxy) is 6. The summed E-state index contributed by atoms with van der Waals surface area (Å²) in [5.41, 5.74) is 2.47. The fourth-order valence-electron chi connectivity index (χ4n) is 7.47. The summed E-state index contributed by atoms with van der Waals surface area (Å²) in [6.07, 6.45) is -1.12. The molecular formula is C43H54N7O8P. The Balaban J connectivity index is 1.50. The second-order valence-corrected chi connectivity index (χ2v) is 15.7. The summed E-state index contributed by atoms with van der Waals surface area (Å²) >= 11 is 0. The first-order valence-corrected chi connectivity index (χ1v) is 20.6. The fourth-order valence-corrected chi connectivity index (χ4v) is 9.24. The monoisotopic (exact) mass is 827 g/mol. The van der Waals surface area contributed by atoms with Crippen molar-refractivity contribution in [3.63, 3.8) is 0 Å². The molecule has 0 aliphatic carbocycles. The van der Waals surface area contributed by atoms with Gasteiger partial charge >= 0.3 is 6.01 Å². The van der Waals surface area contributed by atoms with Crippen molar-refractivity contribution in [2.45, 2.75) is 76.3 Å². The summed E-state index contributed by atoms with van der Waals surface area (Å²) in [7, 11) is 6.44. The lowest BCUT2D eigenvalue weighted by molar-refractivity contribution is -0.0938. The van der Waals surface area contributed by atoms with Gasteiger partial charge in [0, 0.05) is 26.2 Å². The summed E-state index contributed by atoms with van der Waals surface area (Å²) in [5, 5.41) is 12.5. The van der Waals surface area contributed by atoms with E-state index in [0.717, 1.165) is 16.7 Å². The van der Waals surface area contributed by atoms with Crippen LogP contribution in [0.5, 0.6) is 17.5 Å². The zero-order valence-electron chi connectivity index (χ0n) is 35.1. The van der Waals surface area contributed by atoms with E-state index in [9.17, 15) is 5.26 Å². The van der Waals surface area contributed by atoms with Crippen LogP contribution < -0.4 is 19.5 Å². The van der Waals surface area contributed by atoms with Gasteiger partial charge in [0.1, 0.15) is 35.4 Å². The van der Waals surface area contributed by atoms with Gasteiger partial charge in [0.05, 0.1) is 53.4 Å². The third-order valence-corrected chi connectivity index (χ3v) is 12.3. The lowest BCUT2D eigenvalue weighted by Crippen LogP contribution is -2.42. The maximum atomic E-state index is 9.45. The predicted octanol–water partition coefficient (Wildman–Crippen LogP) is 7.48. The predicted molar refractivity (Wildman–Crippen MR) is 224 cm³/mol. The first kappa shape index (κ1) is 43.7. The van der Waals surface area contributed by atoms with E-state index in [2.05, 4.69) is 58.7 Å². The van der Waals surface area contributed by atoms with Gasteiger partial charge in [-0.25, -0.2) is 9.65 Å². The lowest BCUT2D eigenvalue weighted by atomic mass is 9.80. The number of benzene rings is 3. The van der Waals surface area contributed by atoms with Crippen LogP contribution in [0.15, 0.2) is 85.2 Å². The Kier molecular flexibility index (Phi) is 14.7. The minimum absolute atomic E-state index is 0.0331. The Hall–Kier alpha value is -4.91. The van der Waals surface area contributed by atoms with E-state index in [4.69, 9.17) is 37.5 Å². The first-order valence-electron chi connectivity index (χ1n) is 19.5. The number of imidazole rings is 1. The van der Waals surface area contributed by atoms with Crippen molar-refractivity contribution in [3.8, 4) is 23.6 Å². The molecule has 1 unspecified atom stereocenters. The highest BCUT2D eigenvalue weighted by molar-refractivity contribution is 7.44. The van der Waals surface area contributed by atoms with Gasteiger partial charge < -0.3 is 42.8 Å². The van der Waals surface area contributed by atoms with Crippen LogP contribution in [0.1, 0.15) is 57.0 Å². The highest BCUT2D eigenvalue weighted by Gasteiger charge is 2.51. The maximum Gasteiger partial charge on any atom is 0.320 e. The van der Waals surface area contributed by atoms with Crippen LogP contribution in [-0.2, 0) is 28.9 Å². The molecule has 0 saturated carbocycles. The number of hydrogen-bond acceptors (Lipinski definition) is 14. The maximum absolute atomic E-state index is 9.45. The molecule has 0 amide bonds. The van der Waals surface area contributed by atoms with Crippen molar-refractivity contribution in [2.24, 2.45) is 0 Å². The van der Waals surface area contributed by atoms with Gasteiger partial charge in [0.15, 0.2) is 23.2 Å². The Bertz CT molecular complexity index is 2080. The zero-order valence-corrected chi connectivity index (χ0v) is 36.0. The zero-order chi connectivity index (χ0) is 42.1. The van der Waals surface area contributed by atoms with Crippen molar-refractivity contribution in [1.82, 2.24) is 24.2 Å². The molecular weight excluding hydrogens is 773 g/mol. The quantitative estimate of drug-likeness (QED) is 0.0468. The molecule has 5 aromatic rings. The van der Waals surface area contributed by atoms with Crippen molar-refractivity contribution < 1.29 is 37.5 Å². The minimum atomic E-state index is -1.73. The Morgan fingerprint density at radius 1 is 0.847 bits per heavy atom.